The molecule has 0 bridgehead atoms. The number of anilines is 1. The first-order chi connectivity index (χ1) is 14.9. The van der Waals surface area contributed by atoms with E-state index in [0.717, 1.165) is 17.7 Å². The number of alkyl halides is 3. The van der Waals surface area contributed by atoms with E-state index in [1.807, 2.05) is 30.3 Å². The van der Waals surface area contributed by atoms with Crippen LogP contribution in [0.5, 0.6) is 11.5 Å². The number of carbonyl (C=O) groups is 1. The van der Waals surface area contributed by atoms with Crippen molar-refractivity contribution in [2.75, 3.05) is 5.32 Å². The topological polar surface area (TPSA) is 76.2 Å². The fourth-order valence-corrected chi connectivity index (χ4v) is 2.91. The van der Waals surface area contributed by atoms with Crippen LogP contribution in [-0.2, 0) is 6.61 Å². The molecule has 0 radical (unpaired) electrons. The molecule has 2 N–H and O–H groups in total. The number of aromatic amines is 1. The maximum Gasteiger partial charge on any atom is 0.573 e. The van der Waals surface area contributed by atoms with Crippen LogP contribution in [-0.4, -0.2) is 22.5 Å². The van der Waals surface area contributed by atoms with Crippen molar-refractivity contribution in [2.45, 2.75) is 13.0 Å². The zero-order valence-electron chi connectivity index (χ0n) is 15.9. The summed E-state index contributed by atoms with van der Waals surface area (Å²) in [6.07, 6.45) is -4.79. The summed E-state index contributed by atoms with van der Waals surface area (Å²) < 4.78 is 46.4. The van der Waals surface area contributed by atoms with Gasteiger partial charge < -0.3 is 14.8 Å². The van der Waals surface area contributed by atoms with Crippen LogP contribution in [0.15, 0.2) is 72.8 Å². The Balaban J connectivity index is 1.47. The Morgan fingerprint density at radius 2 is 1.68 bits per heavy atom. The van der Waals surface area contributed by atoms with Crippen molar-refractivity contribution >= 4 is 22.6 Å². The fraction of sp³-hybridized carbons (Fsp3) is 0.0909. The van der Waals surface area contributed by atoms with Crippen LogP contribution < -0.4 is 14.8 Å². The molecule has 158 valence electrons. The molecule has 0 spiro atoms. The quantitative estimate of drug-likeness (QED) is 0.438. The minimum Gasteiger partial charge on any atom is -0.489 e. The van der Waals surface area contributed by atoms with Crippen LogP contribution in [0.1, 0.15) is 15.9 Å². The second-order valence-electron chi connectivity index (χ2n) is 6.58. The fourth-order valence-electron chi connectivity index (χ4n) is 2.91. The zero-order valence-corrected chi connectivity index (χ0v) is 15.9. The number of fused-ring (bicyclic) bond motifs is 1. The van der Waals surface area contributed by atoms with E-state index in [2.05, 4.69) is 20.3 Å². The highest BCUT2D eigenvalue weighted by atomic mass is 19.4. The largest absolute Gasteiger partial charge is 0.573 e. The number of hydrogen-bond donors (Lipinski definition) is 2. The Labute approximate surface area is 174 Å². The highest BCUT2D eigenvalue weighted by molar-refractivity contribution is 6.08. The highest BCUT2D eigenvalue weighted by Gasteiger charge is 2.31. The lowest BCUT2D eigenvalue weighted by Gasteiger charge is -2.09. The number of aromatic nitrogens is 2. The third-order valence-corrected chi connectivity index (χ3v) is 4.36. The smallest absolute Gasteiger partial charge is 0.489 e. The van der Waals surface area contributed by atoms with Crippen LogP contribution in [0.4, 0.5) is 19.0 Å². The first-order valence-corrected chi connectivity index (χ1v) is 9.19. The molecule has 9 heteroatoms. The number of amides is 1. The van der Waals surface area contributed by atoms with E-state index in [1.54, 1.807) is 18.2 Å². The first kappa shape index (κ1) is 20.3. The number of carbonyl (C=O) groups excluding carboxylic acids is 1. The number of halogens is 3. The van der Waals surface area contributed by atoms with Gasteiger partial charge in [0.1, 0.15) is 18.1 Å². The van der Waals surface area contributed by atoms with Gasteiger partial charge in [-0.1, -0.05) is 30.3 Å². The van der Waals surface area contributed by atoms with Crippen LogP contribution in [0.3, 0.4) is 0 Å². The first-order valence-electron chi connectivity index (χ1n) is 9.19. The average molecular weight is 427 g/mol. The minimum absolute atomic E-state index is 0.155. The predicted octanol–water partition coefficient (Wildman–Crippen LogP) is 5.29. The number of ether oxygens (including phenoxy) is 2. The van der Waals surface area contributed by atoms with E-state index in [0.29, 0.717) is 23.3 Å². The molecule has 1 heterocycles. The molecule has 4 rings (SSSR count). The monoisotopic (exact) mass is 427 g/mol. The van der Waals surface area contributed by atoms with Gasteiger partial charge >= 0.3 is 6.36 Å². The highest BCUT2D eigenvalue weighted by Crippen LogP contribution is 2.27. The molecule has 0 saturated heterocycles. The van der Waals surface area contributed by atoms with Crippen molar-refractivity contribution in [2.24, 2.45) is 0 Å². The van der Waals surface area contributed by atoms with Gasteiger partial charge in [0.25, 0.3) is 5.91 Å². The lowest BCUT2D eigenvalue weighted by Crippen LogP contribution is -2.17. The second kappa shape index (κ2) is 8.39. The van der Waals surface area contributed by atoms with Gasteiger partial charge in [-0.05, 0) is 48.0 Å². The van der Waals surface area contributed by atoms with Gasteiger partial charge in [0.15, 0.2) is 5.82 Å². The summed E-state index contributed by atoms with van der Waals surface area (Å²) in [5.74, 6) is -0.0558. The van der Waals surface area contributed by atoms with Gasteiger partial charge in [-0.2, -0.15) is 5.10 Å². The molecule has 0 fully saturated rings. The summed E-state index contributed by atoms with van der Waals surface area (Å²) in [5.41, 5.74) is 1.86. The lowest BCUT2D eigenvalue weighted by molar-refractivity contribution is -0.274. The van der Waals surface area contributed by atoms with Crippen molar-refractivity contribution in [3.05, 3.63) is 83.9 Å². The molecule has 1 aromatic heterocycles. The van der Waals surface area contributed by atoms with Crippen LogP contribution in [0, 0.1) is 0 Å². The SMILES string of the molecule is O=C(Nc1n[nH]c2ccc(OCc3ccccc3)cc12)c1ccc(OC(F)(F)F)cc1. The maximum absolute atomic E-state index is 12.5. The standard InChI is InChI=1S/C22H16F3N3O3/c23-22(24,25)31-16-8-6-15(7-9-16)21(29)26-20-18-12-17(10-11-19(18)27-28-20)30-13-14-4-2-1-3-5-14/h1-12H,13H2,(H2,26,27,28,29). The maximum atomic E-state index is 12.5. The molecule has 0 unspecified atom stereocenters. The van der Waals surface area contributed by atoms with E-state index in [1.165, 1.54) is 12.1 Å². The number of hydrogen-bond acceptors (Lipinski definition) is 4. The summed E-state index contributed by atoms with van der Waals surface area (Å²) >= 11 is 0. The molecule has 0 aliphatic carbocycles. The number of nitrogens with one attached hydrogen (secondary N) is 2. The normalized spacial score (nSPS) is 11.3. The van der Waals surface area contributed by atoms with E-state index in [4.69, 9.17) is 4.74 Å². The molecule has 31 heavy (non-hydrogen) atoms. The van der Waals surface area contributed by atoms with Crippen LogP contribution in [0.25, 0.3) is 10.9 Å². The Morgan fingerprint density at radius 1 is 0.968 bits per heavy atom. The molecule has 4 aromatic rings. The molecule has 0 atom stereocenters. The third-order valence-electron chi connectivity index (χ3n) is 4.36. The Hall–Kier alpha value is -4.01. The number of nitrogens with zero attached hydrogens (tertiary/aromatic N) is 1. The molecule has 0 aliphatic rings. The van der Waals surface area contributed by atoms with E-state index < -0.39 is 18.0 Å². The minimum atomic E-state index is -4.79. The van der Waals surface area contributed by atoms with Gasteiger partial charge in [0.05, 0.1) is 5.52 Å². The second-order valence-corrected chi connectivity index (χ2v) is 6.58. The van der Waals surface area contributed by atoms with Crippen molar-refractivity contribution in [1.82, 2.24) is 10.2 Å². The van der Waals surface area contributed by atoms with Gasteiger partial charge in [0, 0.05) is 10.9 Å². The molecular formula is C22H16F3N3O3. The predicted molar refractivity (Wildman–Crippen MR) is 108 cm³/mol. The average Bonchev–Trinajstić information content (AvgIpc) is 3.14. The molecule has 1 amide bonds. The van der Waals surface area contributed by atoms with Gasteiger partial charge in [-0.25, -0.2) is 0 Å². The van der Waals surface area contributed by atoms with E-state index in [9.17, 15) is 18.0 Å². The molecule has 3 aromatic carbocycles. The van der Waals surface area contributed by atoms with Crippen molar-refractivity contribution < 1.29 is 27.4 Å². The van der Waals surface area contributed by atoms with Gasteiger partial charge in [-0.15, -0.1) is 13.2 Å². The van der Waals surface area contributed by atoms with Crippen molar-refractivity contribution in [3.8, 4) is 11.5 Å². The number of benzene rings is 3. The van der Waals surface area contributed by atoms with Gasteiger partial charge in [-0.3, -0.25) is 9.89 Å². The zero-order chi connectivity index (χ0) is 21.8. The van der Waals surface area contributed by atoms with Crippen LogP contribution in [0.2, 0.25) is 0 Å². The van der Waals surface area contributed by atoms with E-state index in [-0.39, 0.29) is 11.4 Å². The number of H-pyrrole nitrogens is 1. The molecule has 0 saturated carbocycles. The summed E-state index contributed by atoms with van der Waals surface area (Å²) in [6, 6.07) is 19.6. The van der Waals surface area contributed by atoms with Crippen LogP contribution >= 0.6 is 0 Å². The Morgan fingerprint density at radius 3 is 2.39 bits per heavy atom. The molecular weight excluding hydrogens is 411 g/mol. The summed E-state index contributed by atoms with van der Waals surface area (Å²) in [5, 5.41) is 10.2. The third kappa shape index (κ3) is 5.13. The molecule has 6 nitrogen and oxygen atoms in total. The van der Waals surface area contributed by atoms with Crippen molar-refractivity contribution in [3.63, 3.8) is 0 Å². The van der Waals surface area contributed by atoms with Gasteiger partial charge in [0.2, 0.25) is 0 Å². The summed E-state index contributed by atoms with van der Waals surface area (Å²) in [4.78, 5) is 12.5. The Bertz CT molecular complexity index is 1190. The Kier molecular flexibility index (Phi) is 5.48. The number of rotatable bonds is 6. The lowest BCUT2D eigenvalue weighted by atomic mass is 10.2. The molecule has 0 aliphatic heterocycles. The van der Waals surface area contributed by atoms with Crippen molar-refractivity contribution in [1.29, 1.82) is 0 Å². The van der Waals surface area contributed by atoms with E-state index >= 15 is 0 Å². The summed E-state index contributed by atoms with van der Waals surface area (Å²) in [7, 11) is 0. The summed E-state index contributed by atoms with van der Waals surface area (Å²) in [6.45, 7) is 0.387.